The summed E-state index contributed by atoms with van der Waals surface area (Å²) >= 11 is 0. The number of ether oxygens (including phenoxy) is 1. The van der Waals surface area contributed by atoms with E-state index in [4.69, 9.17) is 9.63 Å². The molecule has 0 saturated carbocycles. The van der Waals surface area contributed by atoms with Crippen molar-refractivity contribution in [3.8, 4) is 0 Å². The Kier molecular flexibility index (Phi) is 1.60. The van der Waals surface area contributed by atoms with Crippen LogP contribution in [0.1, 0.15) is 0 Å². The standard InChI is InChI=1S/C3H6NO2P/c5-7-3-4-1-2-6-3/h5,7H,1-2H2. The molecule has 0 aromatic rings. The van der Waals surface area contributed by atoms with Crippen LogP contribution in [0.15, 0.2) is 4.99 Å². The lowest BCUT2D eigenvalue weighted by molar-refractivity contribution is 0.354. The van der Waals surface area contributed by atoms with Gasteiger partial charge in [0.15, 0.2) is 0 Å². The minimum Gasteiger partial charge on any atom is -0.474 e. The Balaban J connectivity index is 2.36. The molecule has 0 spiro atoms. The van der Waals surface area contributed by atoms with Crippen molar-refractivity contribution in [3.05, 3.63) is 0 Å². The first kappa shape index (κ1) is 5.01. The second-order valence-electron chi connectivity index (χ2n) is 1.15. The number of aliphatic imine (C=N–C) groups is 1. The highest BCUT2D eigenvalue weighted by Gasteiger charge is 2.02. The third kappa shape index (κ3) is 1.11. The molecule has 0 fully saturated rings. The van der Waals surface area contributed by atoms with Gasteiger partial charge in [-0.1, -0.05) is 0 Å². The molecule has 1 heterocycles. The lowest BCUT2D eigenvalue weighted by Gasteiger charge is -1.90. The molecule has 0 amide bonds. The normalized spacial score (nSPS) is 20.4. The molecule has 0 saturated heterocycles. The molecule has 1 rings (SSSR count). The second kappa shape index (κ2) is 2.24. The summed E-state index contributed by atoms with van der Waals surface area (Å²) in [5.41, 5.74) is 0.500. The molecule has 0 bridgehead atoms. The van der Waals surface area contributed by atoms with E-state index in [2.05, 4.69) is 4.99 Å². The van der Waals surface area contributed by atoms with Crippen molar-refractivity contribution >= 4 is 14.4 Å². The first-order chi connectivity index (χ1) is 3.43. The quantitative estimate of drug-likeness (QED) is 0.492. The molecule has 3 nitrogen and oxygen atoms in total. The predicted octanol–water partition coefficient (Wildman–Crippen LogP) is -0.0416. The monoisotopic (exact) mass is 119 g/mol. The van der Waals surface area contributed by atoms with Gasteiger partial charge in [-0.05, 0) is 0 Å². The van der Waals surface area contributed by atoms with Crippen molar-refractivity contribution in [2.75, 3.05) is 13.2 Å². The van der Waals surface area contributed by atoms with Crippen LogP contribution >= 0.6 is 8.81 Å². The maximum Gasteiger partial charge on any atom is 0.231 e. The first-order valence-electron chi connectivity index (χ1n) is 2.01. The van der Waals surface area contributed by atoms with Crippen LogP contribution in [0.2, 0.25) is 0 Å². The maximum absolute atomic E-state index is 8.34. The second-order valence-corrected chi connectivity index (χ2v) is 1.80. The van der Waals surface area contributed by atoms with E-state index in [9.17, 15) is 0 Å². The number of hydrogen-bond acceptors (Lipinski definition) is 3. The molecule has 40 valence electrons. The van der Waals surface area contributed by atoms with Crippen LogP contribution < -0.4 is 0 Å². The van der Waals surface area contributed by atoms with Gasteiger partial charge in [0.2, 0.25) is 5.64 Å². The van der Waals surface area contributed by atoms with Crippen molar-refractivity contribution in [1.29, 1.82) is 0 Å². The maximum atomic E-state index is 8.34. The van der Waals surface area contributed by atoms with Gasteiger partial charge in [-0.2, -0.15) is 0 Å². The Morgan fingerprint density at radius 3 is 3.00 bits per heavy atom. The molecule has 0 radical (unpaired) electrons. The molecule has 4 heteroatoms. The smallest absolute Gasteiger partial charge is 0.231 e. The van der Waals surface area contributed by atoms with Gasteiger partial charge in [0, 0.05) is 0 Å². The van der Waals surface area contributed by atoms with E-state index in [0.717, 1.165) is 0 Å². The summed E-state index contributed by atoms with van der Waals surface area (Å²) in [6, 6.07) is 0. The van der Waals surface area contributed by atoms with Crippen molar-refractivity contribution in [2.45, 2.75) is 0 Å². The van der Waals surface area contributed by atoms with Gasteiger partial charge in [-0.25, -0.2) is 4.99 Å². The zero-order chi connectivity index (χ0) is 5.11. The van der Waals surface area contributed by atoms with Crippen LogP contribution in [0.4, 0.5) is 0 Å². The molecule has 0 aliphatic carbocycles. The summed E-state index contributed by atoms with van der Waals surface area (Å²) < 4.78 is 4.81. The highest BCUT2D eigenvalue weighted by atomic mass is 31.1. The zero-order valence-corrected chi connectivity index (χ0v) is 4.72. The van der Waals surface area contributed by atoms with Crippen LogP contribution in [0, 0.1) is 0 Å². The average molecular weight is 119 g/mol. The minimum atomic E-state index is -0.261. The number of nitrogens with zero attached hydrogens (tertiary/aromatic N) is 1. The molecular formula is C3H6NO2P. The Bertz CT molecular complexity index is 92.9. The van der Waals surface area contributed by atoms with E-state index >= 15 is 0 Å². The zero-order valence-electron chi connectivity index (χ0n) is 3.72. The van der Waals surface area contributed by atoms with Crippen molar-refractivity contribution in [1.82, 2.24) is 0 Å². The van der Waals surface area contributed by atoms with Crippen molar-refractivity contribution in [2.24, 2.45) is 4.99 Å². The van der Waals surface area contributed by atoms with E-state index in [0.29, 0.717) is 18.8 Å². The topological polar surface area (TPSA) is 41.8 Å². The molecule has 1 aliphatic heterocycles. The summed E-state index contributed by atoms with van der Waals surface area (Å²) in [5, 5.41) is 0. The number of rotatable bonds is 1. The average Bonchev–Trinajstić information content (AvgIpc) is 2.14. The van der Waals surface area contributed by atoms with Gasteiger partial charge < -0.3 is 9.63 Å². The van der Waals surface area contributed by atoms with Crippen molar-refractivity contribution in [3.63, 3.8) is 0 Å². The molecule has 0 aromatic carbocycles. The molecule has 0 aromatic heterocycles. The molecule has 1 aliphatic rings. The van der Waals surface area contributed by atoms with Gasteiger partial charge >= 0.3 is 0 Å². The molecular weight excluding hydrogens is 113 g/mol. The Morgan fingerprint density at radius 1 is 1.86 bits per heavy atom. The van der Waals surface area contributed by atoms with Crippen LogP contribution in [0.5, 0.6) is 0 Å². The third-order valence-corrected chi connectivity index (χ3v) is 1.17. The summed E-state index contributed by atoms with van der Waals surface area (Å²) in [6.07, 6.45) is 0. The highest BCUT2D eigenvalue weighted by molar-refractivity contribution is 7.52. The van der Waals surface area contributed by atoms with E-state index in [1.807, 2.05) is 0 Å². The van der Waals surface area contributed by atoms with E-state index in [1.165, 1.54) is 0 Å². The molecule has 1 N–H and O–H groups in total. The lowest BCUT2D eigenvalue weighted by atomic mass is 10.8. The van der Waals surface area contributed by atoms with E-state index in [1.54, 1.807) is 0 Å². The minimum absolute atomic E-state index is 0.261. The van der Waals surface area contributed by atoms with Gasteiger partial charge in [0.1, 0.15) is 15.4 Å². The van der Waals surface area contributed by atoms with Gasteiger partial charge in [0.25, 0.3) is 0 Å². The largest absolute Gasteiger partial charge is 0.474 e. The number of hydrogen-bond donors (Lipinski definition) is 1. The third-order valence-electron chi connectivity index (χ3n) is 0.681. The summed E-state index contributed by atoms with van der Waals surface area (Å²) in [6.45, 7) is 1.35. The van der Waals surface area contributed by atoms with Crippen LogP contribution in [0.3, 0.4) is 0 Å². The molecule has 7 heavy (non-hydrogen) atoms. The Labute approximate surface area is 43.3 Å². The van der Waals surface area contributed by atoms with E-state index in [-0.39, 0.29) is 8.81 Å². The summed E-state index contributed by atoms with van der Waals surface area (Å²) in [5.74, 6) is 0. The molecule has 1 atom stereocenters. The summed E-state index contributed by atoms with van der Waals surface area (Å²) in [7, 11) is -0.261. The molecule has 1 unspecified atom stereocenters. The Hall–Kier alpha value is -0.140. The van der Waals surface area contributed by atoms with Gasteiger partial charge in [-0.15, -0.1) is 0 Å². The fourth-order valence-electron chi connectivity index (χ4n) is 0.403. The van der Waals surface area contributed by atoms with Crippen LogP contribution in [0.25, 0.3) is 0 Å². The van der Waals surface area contributed by atoms with E-state index < -0.39 is 0 Å². The van der Waals surface area contributed by atoms with Crippen molar-refractivity contribution < 1.29 is 9.63 Å². The fraction of sp³-hybridized carbons (Fsp3) is 0.667. The van der Waals surface area contributed by atoms with Gasteiger partial charge in [0.05, 0.1) is 6.54 Å². The summed E-state index contributed by atoms with van der Waals surface area (Å²) in [4.78, 5) is 12.1. The van der Waals surface area contributed by atoms with Crippen LogP contribution in [-0.4, -0.2) is 23.7 Å². The fourth-order valence-corrected chi connectivity index (χ4v) is 0.752. The Morgan fingerprint density at radius 2 is 2.71 bits per heavy atom. The first-order valence-corrected chi connectivity index (χ1v) is 2.95. The lowest BCUT2D eigenvalue weighted by Crippen LogP contribution is -1.88. The van der Waals surface area contributed by atoms with Gasteiger partial charge in [-0.3, -0.25) is 0 Å². The predicted molar refractivity (Wildman–Crippen MR) is 28.8 cm³/mol. The SMILES string of the molecule is OPC1=NCCO1. The van der Waals surface area contributed by atoms with Crippen LogP contribution in [-0.2, 0) is 4.74 Å². The highest BCUT2D eigenvalue weighted by Crippen LogP contribution is 2.10.